The van der Waals surface area contributed by atoms with Crippen LogP contribution in [0.1, 0.15) is 43.5 Å². The highest BCUT2D eigenvalue weighted by molar-refractivity contribution is 7.91. The van der Waals surface area contributed by atoms with Crippen molar-refractivity contribution in [3.63, 3.8) is 0 Å². The quantitative estimate of drug-likeness (QED) is 0.823. The molecule has 1 saturated carbocycles. The van der Waals surface area contributed by atoms with E-state index in [0.29, 0.717) is 17.9 Å². The molecule has 0 radical (unpaired) electrons. The molecule has 1 amide bonds. The second-order valence-corrected chi connectivity index (χ2v) is 8.89. The van der Waals surface area contributed by atoms with Crippen LogP contribution in [0.5, 0.6) is 0 Å². The van der Waals surface area contributed by atoms with Crippen molar-refractivity contribution in [2.24, 2.45) is 5.92 Å². The van der Waals surface area contributed by atoms with Gasteiger partial charge >= 0.3 is 0 Å². The van der Waals surface area contributed by atoms with Gasteiger partial charge in [-0.25, -0.2) is 8.42 Å². The monoisotopic (exact) mass is 327 g/mol. The van der Waals surface area contributed by atoms with Crippen LogP contribution in [-0.2, 0) is 16.4 Å². The molecule has 0 aromatic carbocycles. The molecular formula is C15H25N3O3S. The number of sulfone groups is 1. The molecule has 22 heavy (non-hydrogen) atoms. The smallest absolute Gasteiger partial charge is 0.257 e. The van der Waals surface area contributed by atoms with E-state index in [4.69, 9.17) is 0 Å². The zero-order chi connectivity index (χ0) is 16.5. The van der Waals surface area contributed by atoms with E-state index in [9.17, 15) is 13.2 Å². The van der Waals surface area contributed by atoms with Crippen molar-refractivity contribution >= 4 is 15.7 Å². The molecule has 1 aromatic rings. The normalized spacial score (nSPS) is 22.2. The molecule has 7 heteroatoms. The van der Waals surface area contributed by atoms with Gasteiger partial charge in [0.1, 0.15) is 0 Å². The van der Waals surface area contributed by atoms with Crippen molar-refractivity contribution in [2.75, 3.05) is 13.3 Å². The minimum absolute atomic E-state index is 0.157. The van der Waals surface area contributed by atoms with Gasteiger partial charge < -0.3 is 4.90 Å². The first-order valence-electron chi connectivity index (χ1n) is 7.68. The third kappa shape index (κ3) is 3.69. The summed E-state index contributed by atoms with van der Waals surface area (Å²) in [5.74, 6) is 0.292. The zero-order valence-corrected chi connectivity index (χ0v) is 14.5. The number of amides is 1. The van der Waals surface area contributed by atoms with Crippen LogP contribution < -0.4 is 0 Å². The Morgan fingerprint density at radius 1 is 1.45 bits per heavy atom. The predicted molar refractivity (Wildman–Crippen MR) is 85.4 cm³/mol. The summed E-state index contributed by atoms with van der Waals surface area (Å²) < 4.78 is 25.5. The van der Waals surface area contributed by atoms with E-state index in [1.807, 2.05) is 0 Å². The van der Waals surface area contributed by atoms with E-state index in [1.165, 1.54) is 6.26 Å². The van der Waals surface area contributed by atoms with E-state index in [2.05, 4.69) is 18.9 Å². The van der Waals surface area contributed by atoms with E-state index < -0.39 is 15.1 Å². The Hall–Kier alpha value is -1.37. The third-order valence-corrected chi connectivity index (χ3v) is 5.87. The standard InChI is InChI=1S/C15H25N3O3S/c1-11(2)9-18-10-12(8-16-18)15(19)17(3)13-6-5-7-14(13)22(4,20)21/h8,10-11,13-14H,5-7,9H2,1-4H3/t13-,14+/m0/s1. The summed E-state index contributed by atoms with van der Waals surface area (Å²) in [5, 5.41) is 3.75. The Morgan fingerprint density at radius 3 is 2.73 bits per heavy atom. The average Bonchev–Trinajstić information content (AvgIpc) is 3.03. The summed E-state index contributed by atoms with van der Waals surface area (Å²) in [6.07, 6.45) is 6.77. The summed E-state index contributed by atoms with van der Waals surface area (Å²) >= 11 is 0. The van der Waals surface area contributed by atoms with Gasteiger partial charge in [0, 0.05) is 32.1 Å². The fourth-order valence-electron chi connectivity index (χ4n) is 3.15. The van der Waals surface area contributed by atoms with E-state index in [-0.39, 0.29) is 11.9 Å². The maximum atomic E-state index is 12.6. The molecule has 2 rings (SSSR count). The van der Waals surface area contributed by atoms with Gasteiger partial charge in [-0.05, 0) is 25.2 Å². The summed E-state index contributed by atoms with van der Waals surface area (Å²) in [6.45, 7) is 4.93. The summed E-state index contributed by atoms with van der Waals surface area (Å²) in [4.78, 5) is 14.2. The SMILES string of the molecule is CC(C)Cn1cc(C(=O)N(C)[C@H]2CCC[C@H]2S(C)(=O)=O)cn1. The first-order chi connectivity index (χ1) is 10.2. The first kappa shape index (κ1) is 17.0. The third-order valence-electron chi connectivity index (χ3n) is 4.22. The summed E-state index contributed by atoms with van der Waals surface area (Å²) in [7, 11) is -1.45. The number of hydrogen-bond acceptors (Lipinski definition) is 4. The molecule has 0 unspecified atom stereocenters. The number of carbonyl (C=O) groups excluding carboxylic acids is 1. The van der Waals surface area contributed by atoms with Crippen LogP contribution in [0.2, 0.25) is 0 Å². The number of aromatic nitrogens is 2. The van der Waals surface area contributed by atoms with Crippen molar-refractivity contribution in [1.29, 1.82) is 0 Å². The highest BCUT2D eigenvalue weighted by Gasteiger charge is 2.39. The van der Waals surface area contributed by atoms with Crippen LogP contribution in [0, 0.1) is 5.92 Å². The molecule has 1 aliphatic rings. The molecular weight excluding hydrogens is 302 g/mol. The van der Waals surface area contributed by atoms with E-state index in [0.717, 1.165) is 19.4 Å². The number of hydrogen-bond donors (Lipinski definition) is 0. The lowest BCUT2D eigenvalue weighted by Crippen LogP contribution is -2.44. The van der Waals surface area contributed by atoms with Crippen molar-refractivity contribution in [1.82, 2.24) is 14.7 Å². The average molecular weight is 327 g/mol. The van der Waals surface area contributed by atoms with Gasteiger partial charge in [0.05, 0.1) is 17.0 Å². The van der Waals surface area contributed by atoms with Gasteiger partial charge in [0.2, 0.25) is 0 Å². The fraction of sp³-hybridized carbons (Fsp3) is 0.733. The van der Waals surface area contributed by atoms with Gasteiger partial charge in [0.15, 0.2) is 9.84 Å². The van der Waals surface area contributed by atoms with Gasteiger partial charge in [-0.15, -0.1) is 0 Å². The maximum absolute atomic E-state index is 12.6. The van der Waals surface area contributed by atoms with Crippen LogP contribution in [0.25, 0.3) is 0 Å². The molecule has 124 valence electrons. The Labute approximate surface area is 132 Å². The van der Waals surface area contributed by atoms with Gasteiger partial charge in [-0.2, -0.15) is 5.10 Å². The number of nitrogens with zero attached hydrogens (tertiary/aromatic N) is 3. The Balaban J connectivity index is 2.13. The molecule has 0 aliphatic heterocycles. The van der Waals surface area contributed by atoms with Crippen molar-refractivity contribution in [3.8, 4) is 0 Å². The van der Waals surface area contributed by atoms with Crippen LogP contribution in [0.15, 0.2) is 12.4 Å². The summed E-state index contributed by atoms with van der Waals surface area (Å²) in [5.41, 5.74) is 0.516. The first-order valence-corrected chi connectivity index (χ1v) is 9.64. The number of carbonyl (C=O) groups is 1. The van der Waals surface area contributed by atoms with Crippen LogP contribution in [0.3, 0.4) is 0 Å². The van der Waals surface area contributed by atoms with Gasteiger partial charge in [-0.1, -0.05) is 13.8 Å². The lowest BCUT2D eigenvalue weighted by molar-refractivity contribution is 0.0737. The molecule has 1 aliphatic carbocycles. The minimum atomic E-state index is -3.14. The molecule has 0 saturated heterocycles. The minimum Gasteiger partial charge on any atom is -0.337 e. The molecule has 1 aromatic heterocycles. The molecule has 1 heterocycles. The predicted octanol–water partition coefficient (Wildman–Crippen LogP) is 1.58. The Kier molecular flexibility index (Phi) is 4.94. The van der Waals surface area contributed by atoms with Crippen molar-refractivity contribution in [3.05, 3.63) is 18.0 Å². The molecule has 0 spiro atoms. The molecule has 1 fully saturated rings. The summed E-state index contributed by atoms with van der Waals surface area (Å²) in [6, 6.07) is -0.240. The molecule has 6 nitrogen and oxygen atoms in total. The van der Waals surface area contributed by atoms with Gasteiger partial charge in [-0.3, -0.25) is 9.48 Å². The van der Waals surface area contributed by atoms with E-state index in [1.54, 1.807) is 29.0 Å². The van der Waals surface area contributed by atoms with E-state index >= 15 is 0 Å². The maximum Gasteiger partial charge on any atom is 0.257 e. The Bertz CT molecular complexity index is 636. The lowest BCUT2D eigenvalue weighted by atomic mass is 10.2. The molecule has 2 atom stereocenters. The van der Waals surface area contributed by atoms with Gasteiger partial charge in [0.25, 0.3) is 5.91 Å². The molecule has 0 bridgehead atoms. The largest absolute Gasteiger partial charge is 0.337 e. The van der Waals surface area contributed by atoms with Crippen molar-refractivity contribution in [2.45, 2.75) is 50.9 Å². The second-order valence-electron chi connectivity index (χ2n) is 6.63. The van der Waals surface area contributed by atoms with Crippen LogP contribution in [-0.4, -0.2) is 53.6 Å². The molecule has 0 N–H and O–H groups in total. The fourth-order valence-corrected chi connectivity index (χ4v) is 4.64. The second kappa shape index (κ2) is 6.40. The van der Waals surface area contributed by atoms with Crippen LogP contribution in [0.4, 0.5) is 0 Å². The highest BCUT2D eigenvalue weighted by atomic mass is 32.2. The lowest BCUT2D eigenvalue weighted by Gasteiger charge is -2.28. The Morgan fingerprint density at radius 2 is 2.14 bits per heavy atom. The zero-order valence-electron chi connectivity index (χ0n) is 13.7. The van der Waals surface area contributed by atoms with Crippen molar-refractivity contribution < 1.29 is 13.2 Å². The van der Waals surface area contributed by atoms with Crippen LogP contribution >= 0.6 is 0 Å². The number of rotatable bonds is 5. The highest BCUT2D eigenvalue weighted by Crippen LogP contribution is 2.29. The topological polar surface area (TPSA) is 72.3 Å².